The highest BCUT2D eigenvalue weighted by molar-refractivity contribution is 7.89. The first-order valence-electron chi connectivity index (χ1n) is 6.58. The molecule has 0 bridgehead atoms. The molecule has 1 aliphatic rings. The van der Waals surface area contributed by atoms with E-state index in [4.69, 9.17) is 4.74 Å². The Morgan fingerprint density at radius 3 is 2.38 bits per heavy atom. The molecule has 21 heavy (non-hydrogen) atoms. The van der Waals surface area contributed by atoms with Gasteiger partial charge in [0.15, 0.2) is 4.90 Å². The molecule has 0 amide bonds. The van der Waals surface area contributed by atoms with E-state index in [1.807, 2.05) is 0 Å². The molecule has 0 N–H and O–H groups in total. The third-order valence-electron chi connectivity index (χ3n) is 3.40. The van der Waals surface area contributed by atoms with Gasteiger partial charge in [0.05, 0.1) is 6.61 Å². The van der Waals surface area contributed by atoms with Gasteiger partial charge >= 0.3 is 0 Å². The average Bonchev–Trinajstić information content (AvgIpc) is 2.86. The molecule has 1 aromatic carbocycles. The van der Waals surface area contributed by atoms with Gasteiger partial charge in [-0.15, -0.1) is 0 Å². The van der Waals surface area contributed by atoms with Gasteiger partial charge in [0.1, 0.15) is 17.5 Å². The van der Waals surface area contributed by atoms with Crippen molar-refractivity contribution in [2.45, 2.75) is 18.2 Å². The second kappa shape index (κ2) is 6.33. The molecular weight excluding hydrogens is 307 g/mol. The minimum atomic E-state index is -4.36. The standard InChI is InChI=1S/C13H16F3NO3S/c1-2-17(7-9-3-4-20-8-9)21(18,19)13-11(15)5-10(14)6-12(13)16/h5-6,9H,2-4,7-8H2,1H3. The summed E-state index contributed by atoms with van der Waals surface area (Å²) < 4.78 is 71.2. The summed E-state index contributed by atoms with van der Waals surface area (Å²) in [4.78, 5) is -1.11. The van der Waals surface area contributed by atoms with Crippen LogP contribution in [0.5, 0.6) is 0 Å². The number of hydrogen-bond donors (Lipinski definition) is 0. The zero-order chi connectivity index (χ0) is 15.6. The Bertz CT molecular complexity index is 592. The van der Waals surface area contributed by atoms with Crippen molar-refractivity contribution in [1.29, 1.82) is 0 Å². The number of sulfonamides is 1. The maximum atomic E-state index is 13.7. The van der Waals surface area contributed by atoms with Crippen LogP contribution in [0.15, 0.2) is 17.0 Å². The lowest BCUT2D eigenvalue weighted by Gasteiger charge is -2.23. The van der Waals surface area contributed by atoms with E-state index in [1.165, 1.54) is 0 Å². The lowest BCUT2D eigenvalue weighted by Crippen LogP contribution is -2.36. The Morgan fingerprint density at radius 2 is 1.90 bits per heavy atom. The van der Waals surface area contributed by atoms with Crippen molar-refractivity contribution in [3.8, 4) is 0 Å². The van der Waals surface area contributed by atoms with Gasteiger partial charge in [0, 0.05) is 31.8 Å². The number of benzene rings is 1. The largest absolute Gasteiger partial charge is 0.381 e. The van der Waals surface area contributed by atoms with Crippen LogP contribution in [0.2, 0.25) is 0 Å². The fourth-order valence-corrected chi connectivity index (χ4v) is 3.93. The summed E-state index contributed by atoms with van der Waals surface area (Å²) in [5, 5.41) is 0. The Morgan fingerprint density at radius 1 is 1.29 bits per heavy atom. The first-order chi connectivity index (χ1) is 9.86. The van der Waals surface area contributed by atoms with Crippen molar-refractivity contribution in [3.05, 3.63) is 29.6 Å². The molecule has 1 saturated heterocycles. The van der Waals surface area contributed by atoms with Crippen LogP contribution in [-0.4, -0.2) is 39.0 Å². The van der Waals surface area contributed by atoms with Crippen LogP contribution in [0.1, 0.15) is 13.3 Å². The van der Waals surface area contributed by atoms with Crippen LogP contribution in [0.3, 0.4) is 0 Å². The number of nitrogens with zero attached hydrogens (tertiary/aromatic N) is 1. The predicted octanol–water partition coefficient (Wildman–Crippen LogP) is 2.15. The van der Waals surface area contributed by atoms with Crippen LogP contribution >= 0.6 is 0 Å². The Labute approximate surface area is 121 Å². The summed E-state index contributed by atoms with van der Waals surface area (Å²) in [6.07, 6.45) is 0.695. The smallest absolute Gasteiger partial charge is 0.248 e. The molecule has 0 saturated carbocycles. The molecule has 2 rings (SSSR count). The molecule has 1 heterocycles. The molecule has 0 aliphatic carbocycles. The van der Waals surface area contributed by atoms with Gasteiger partial charge in [-0.25, -0.2) is 21.6 Å². The van der Waals surface area contributed by atoms with Crippen molar-refractivity contribution in [1.82, 2.24) is 4.31 Å². The Hall–Kier alpha value is -1.12. The van der Waals surface area contributed by atoms with E-state index in [1.54, 1.807) is 6.92 Å². The second-order valence-corrected chi connectivity index (χ2v) is 6.76. The Balaban J connectivity index is 2.35. The van der Waals surface area contributed by atoms with Crippen LogP contribution in [-0.2, 0) is 14.8 Å². The van der Waals surface area contributed by atoms with E-state index in [0.717, 1.165) is 4.31 Å². The first-order valence-corrected chi connectivity index (χ1v) is 8.02. The average molecular weight is 323 g/mol. The predicted molar refractivity (Wildman–Crippen MR) is 69.7 cm³/mol. The Kier molecular flexibility index (Phi) is 4.90. The summed E-state index contributed by atoms with van der Waals surface area (Å²) in [5.74, 6) is -4.01. The highest BCUT2D eigenvalue weighted by Crippen LogP contribution is 2.25. The van der Waals surface area contributed by atoms with E-state index in [0.29, 0.717) is 31.8 Å². The fraction of sp³-hybridized carbons (Fsp3) is 0.538. The second-order valence-electron chi connectivity index (χ2n) is 4.88. The van der Waals surface area contributed by atoms with Crippen molar-refractivity contribution in [3.63, 3.8) is 0 Å². The van der Waals surface area contributed by atoms with Crippen LogP contribution < -0.4 is 0 Å². The zero-order valence-electron chi connectivity index (χ0n) is 11.5. The summed E-state index contributed by atoms with van der Waals surface area (Å²) in [5.41, 5.74) is 0. The van der Waals surface area contributed by atoms with Crippen LogP contribution in [0, 0.1) is 23.4 Å². The molecule has 8 heteroatoms. The van der Waals surface area contributed by atoms with E-state index < -0.39 is 32.4 Å². The lowest BCUT2D eigenvalue weighted by molar-refractivity contribution is 0.180. The third-order valence-corrected chi connectivity index (χ3v) is 5.39. The molecule has 0 radical (unpaired) electrons. The molecule has 1 unspecified atom stereocenters. The molecular formula is C13H16F3NO3S. The summed E-state index contributed by atoms with van der Waals surface area (Å²) in [7, 11) is -4.36. The van der Waals surface area contributed by atoms with E-state index in [-0.39, 0.29) is 19.0 Å². The SMILES string of the molecule is CCN(CC1CCOC1)S(=O)(=O)c1c(F)cc(F)cc1F. The van der Waals surface area contributed by atoms with E-state index in [9.17, 15) is 21.6 Å². The van der Waals surface area contributed by atoms with Gasteiger partial charge < -0.3 is 4.74 Å². The minimum Gasteiger partial charge on any atom is -0.381 e. The van der Waals surface area contributed by atoms with Gasteiger partial charge in [-0.3, -0.25) is 0 Å². The molecule has 1 atom stereocenters. The van der Waals surface area contributed by atoms with Crippen molar-refractivity contribution < 1.29 is 26.3 Å². The topological polar surface area (TPSA) is 46.6 Å². The third kappa shape index (κ3) is 3.38. The molecule has 0 aromatic heterocycles. The number of halogens is 3. The normalized spacial score (nSPS) is 19.4. The minimum absolute atomic E-state index is 0.00806. The van der Waals surface area contributed by atoms with Crippen molar-refractivity contribution >= 4 is 10.0 Å². The quantitative estimate of drug-likeness (QED) is 0.834. The van der Waals surface area contributed by atoms with Gasteiger partial charge in [-0.2, -0.15) is 4.31 Å². The summed E-state index contributed by atoms with van der Waals surface area (Å²) >= 11 is 0. The fourth-order valence-electron chi connectivity index (χ4n) is 2.32. The monoisotopic (exact) mass is 323 g/mol. The number of hydrogen-bond acceptors (Lipinski definition) is 3. The van der Waals surface area contributed by atoms with Gasteiger partial charge in [-0.1, -0.05) is 6.92 Å². The molecule has 1 fully saturated rings. The molecule has 0 spiro atoms. The highest BCUT2D eigenvalue weighted by atomic mass is 32.2. The van der Waals surface area contributed by atoms with Crippen LogP contribution in [0.4, 0.5) is 13.2 Å². The lowest BCUT2D eigenvalue weighted by atomic mass is 10.1. The molecule has 4 nitrogen and oxygen atoms in total. The van der Waals surface area contributed by atoms with E-state index >= 15 is 0 Å². The highest BCUT2D eigenvalue weighted by Gasteiger charge is 2.32. The maximum Gasteiger partial charge on any atom is 0.248 e. The molecule has 118 valence electrons. The first kappa shape index (κ1) is 16.3. The maximum absolute atomic E-state index is 13.7. The van der Waals surface area contributed by atoms with Gasteiger partial charge in [0.25, 0.3) is 0 Å². The molecule has 1 aromatic rings. The van der Waals surface area contributed by atoms with Crippen molar-refractivity contribution in [2.24, 2.45) is 5.92 Å². The van der Waals surface area contributed by atoms with Crippen molar-refractivity contribution in [2.75, 3.05) is 26.3 Å². The van der Waals surface area contributed by atoms with Gasteiger partial charge in [0.2, 0.25) is 10.0 Å². The van der Waals surface area contributed by atoms with E-state index in [2.05, 4.69) is 0 Å². The molecule has 1 aliphatic heterocycles. The number of rotatable bonds is 5. The summed E-state index contributed by atoms with van der Waals surface area (Å²) in [6, 6.07) is 0.727. The van der Waals surface area contributed by atoms with Crippen LogP contribution in [0.25, 0.3) is 0 Å². The van der Waals surface area contributed by atoms with Gasteiger partial charge in [-0.05, 0) is 12.3 Å². The number of ether oxygens (including phenoxy) is 1. The summed E-state index contributed by atoms with van der Waals surface area (Å²) in [6.45, 7) is 2.72. The zero-order valence-corrected chi connectivity index (χ0v) is 12.3.